The highest BCUT2D eigenvalue weighted by atomic mass is 19.4. The molecule has 33 heavy (non-hydrogen) atoms. The van der Waals surface area contributed by atoms with Crippen LogP contribution in [0.5, 0.6) is 5.75 Å². The monoisotopic (exact) mass is 469 g/mol. The van der Waals surface area contributed by atoms with Crippen LogP contribution in [-0.4, -0.2) is 41.8 Å². The zero-order valence-corrected chi connectivity index (χ0v) is 19.3. The Labute approximate surface area is 191 Å². The van der Waals surface area contributed by atoms with E-state index in [0.717, 1.165) is 0 Å². The van der Waals surface area contributed by atoms with Gasteiger partial charge in [-0.25, -0.2) is 4.79 Å². The fraction of sp³-hybridized carbons (Fsp3) is 0.458. The Bertz CT molecular complexity index is 966. The molecule has 1 unspecified atom stereocenters. The minimum absolute atomic E-state index is 0.0307. The Morgan fingerprint density at radius 2 is 1.76 bits per heavy atom. The van der Waals surface area contributed by atoms with Crippen LogP contribution in [0.25, 0.3) is 11.1 Å². The minimum Gasteiger partial charge on any atom is -0.496 e. The van der Waals surface area contributed by atoms with Gasteiger partial charge in [0, 0.05) is 12.1 Å². The largest absolute Gasteiger partial charge is 0.496 e. The van der Waals surface area contributed by atoms with Gasteiger partial charge in [-0.2, -0.15) is 13.2 Å². The van der Waals surface area contributed by atoms with Crippen LogP contribution in [0.2, 0.25) is 0 Å². The van der Waals surface area contributed by atoms with Crippen molar-refractivity contribution in [3.05, 3.63) is 52.6 Å². The van der Waals surface area contributed by atoms with Crippen molar-refractivity contribution in [2.24, 2.45) is 0 Å². The van der Waals surface area contributed by atoms with Crippen LogP contribution in [0.3, 0.4) is 0 Å². The number of nitrogens with one attached hydrogen (secondary N) is 1. The first-order chi connectivity index (χ1) is 15.3. The number of halogens is 3. The van der Waals surface area contributed by atoms with Gasteiger partial charge in [-0.1, -0.05) is 24.3 Å². The van der Waals surface area contributed by atoms with Gasteiger partial charge in [0.05, 0.1) is 20.1 Å². The number of benzene rings is 2. The number of hydrogen-bond acceptors (Lipinski definition) is 5. The molecule has 0 saturated carbocycles. The lowest BCUT2D eigenvalue weighted by atomic mass is 9.90. The zero-order valence-electron chi connectivity index (χ0n) is 19.3. The number of rotatable bonds is 7. The molecule has 0 aliphatic rings. The Balaban J connectivity index is 2.50. The van der Waals surface area contributed by atoms with E-state index in [4.69, 9.17) is 9.47 Å². The lowest BCUT2D eigenvalue weighted by molar-refractivity contribution is -0.127. The van der Waals surface area contributed by atoms with E-state index >= 15 is 0 Å². The summed E-state index contributed by atoms with van der Waals surface area (Å²) in [5, 5.41) is 22.6. The molecule has 0 aromatic heterocycles. The number of carbonyl (C=O) groups is 1. The van der Waals surface area contributed by atoms with Crippen LogP contribution < -0.4 is 10.1 Å². The van der Waals surface area contributed by atoms with Gasteiger partial charge in [0.15, 0.2) is 0 Å². The summed E-state index contributed by atoms with van der Waals surface area (Å²) in [6, 6.07) is 7.68. The average molecular weight is 470 g/mol. The van der Waals surface area contributed by atoms with Crippen LogP contribution in [0, 0.1) is 6.92 Å². The van der Waals surface area contributed by atoms with E-state index in [9.17, 15) is 28.2 Å². The van der Waals surface area contributed by atoms with Crippen molar-refractivity contribution in [3.8, 4) is 16.9 Å². The molecule has 0 radical (unpaired) electrons. The number of aliphatic hydroxyl groups excluding tert-OH is 2. The van der Waals surface area contributed by atoms with Gasteiger partial charge < -0.3 is 25.0 Å². The summed E-state index contributed by atoms with van der Waals surface area (Å²) in [6.45, 7) is 6.32. The number of alkyl carbamates (subject to hydrolysis) is 1. The van der Waals surface area contributed by atoms with Crippen molar-refractivity contribution in [2.75, 3.05) is 13.7 Å². The van der Waals surface area contributed by atoms with Crippen molar-refractivity contribution in [3.63, 3.8) is 0 Å². The minimum atomic E-state index is -4.30. The van der Waals surface area contributed by atoms with Gasteiger partial charge in [0.25, 0.3) is 0 Å². The molecule has 0 heterocycles. The summed E-state index contributed by atoms with van der Waals surface area (Å²) in [7, 11) is 1.41. The molecular weight excluding hydrogens is 439 g/mol. The summed E-state index contributed by atoms with van der Waals surface area (Å²) in [5.41, 5.74) is 2.14. The lowest BCUT2D eigenvalue weighted by Gasteiger charge is -2.24. The molecule has 0 aliphatic heterocycles. The molecule has 2 rings (SSSR count). The van der Waals surface area contributed by atoms with Crippen LogP contribution in [0.15, 0.2) is 30.3 Å². The fourth-order valence-electron chi connectivity index (χ4n) is 3.51. The Morgan fingerprint density at radius 3 is 2.24 bits per heavy atom. The topological polar surface area (TPSA) is 88.0 Å². The molecule has 2 aromatic rings. The molecule has 6 nitrogen and oxygen atoms in total. The summed E-state index contributed by atoms with van der Waals surface area (Å²) in [5.74, 6) is 0.314. The highest BCUT2D eigenvalue weighted by Crippen LogP contribution is 2.39. The van der Waals surface area contributed by atoms with Crippen molar-refractivity contribution in [1.82, 2.24) is 5.32 Å². The number of methoxy groups -OCH3 is 1. The Hall–Kier alpha value is -2.78. The summed E-state index contributed by atoms with van der Waals surface area (Å²) >= 11 is 0. The van der Waals surface area contributed by atoms with Gasteiger partial charge in [-0.05, 0) is 61.6 Å². The quantitative estimate of drug-likeness (QED) is 0.541. The summed E-state index contributed by atoms with van der Waals surface area (Å²) in [4.78, 5) is 12.1. The van der Waals surface area contributed by atoms with Gasteiger partial charge in [-0.15, -0.1) is 0 Å². The maximum atomic E-state index is 12.7. The third kappa shape index (κ3) is 7.36. The van der Waals surface area contributed by atoms with Gasteiger partial charge in [0.1, 0.15) is 17.5 Å². The normalized spacial score (nSPS) is 12.9. The van der Waals surface area contributed by atoms with Crippen molar-refractivity contribution >= 4 is 6.09 Å². The fourth-order valence-corrected chi connectivity index (χ4v) is 3.51. The molecule has 0 bridgehead atoms. The number of ether oxygens (including phenoxy) is 2. The van der Waals surface area contributed by atoms with E-state index in [1.807, 2.05) is 0 Å². The van der Waals surface area contributed by atoms with E-state index in [2.05, 4.69) is 5.32 Å². The SMILES string of the molecule is COc1c(C)c(-c2ccc(CC(F)(F)F)cc2)cc(CNC(=O)OC(C)(C)C)c1C(O)CO. The standard InChI is InChI=1S/C24H30F3NO5/c1-14-18(16-8-6-15(7-9-16)11-24(25,26)27)10-17(12-28-22(31)33-23(2,3)4)20(19(30)13-29)21(14)32-5/h6-10,19,29-30H,11-13H2,1-5H3,(H,28,31). The van der Waals surface area contributed by atoms with Crippen LogP contribution in [0.4, 0.5) is 18.0 Å². The number of alkyl halides is 3. The van der Waals surface area contributed by atoms with E-state index in [0.29, 0.717) is 33.6 Å². The second-order valence-electron chi connectivity index (χ2n) is 8.70. The Kier molecular flexibility index (Phi) is 8.37. The first kappa shape index (κ1) is 26.5. The van der Waals surface area contributed by atoms with Crippen LogP contribution in [-0.2, 0) is 17.7 Å². The number of hydrogen-bond donors (Lipinski definition) is 3. The predicted octanol–water partition coefficient (Wildman–Crippen LogP) is 4.83. The highest BCUT2D eigenvalue weighted by Gasteiger charge is 2.28. The summed E-state index contributed by atoms with van der Waals surface area (Å²) in [6.07, 6.45) is -7.26. The highest BCUT2D eigenvalue weighted by molar-refractivity contribution is 5.74. The molecule has 0 spiro atoms. The van der Waals surface area contributed by atoms with E-state index in [-0.39, 0.29) is 12.1 Å². The number of aliphatic hydroxyl groups is 2. The first-order valence-electron chi connectivity index (χ1n) is 10.4. The van der Waals surface area contributed by atoms with Gasteiger partial charge >= 0.3 is 12.3 Å². The third-order valence-electron chi connectivity index (χ3n) is 4.86. The molecule has 0 fully saturated rings. The van der Waals surface area contributed by atoms with E-state index in [1.54, 1.807) is 45.9 Å². The number of amides is 1. The Morgan fingerprint density at radius 1 is 1.15 bits per heavy atom. The molecule has 2 aromatic carbocycles. The molecule has 1 amide bonds. The van der Waals surface area contributed by atoms with Crippen molar-refractivity contribution < 1.29 is 37.7 Å². The van der Waals surface area contributed by atoms with Crippen molar-refractivity contribution in [2.45, 2.75) is 58.5 Å². The van der Waals surface area contributed by atoms with E-state index in [1.165, 1.54) is 19.2 Å². The smallest absolute Gasteiger partial charge is 0.407 e. The van der Waals surface area contributed by atoms with Gasteiger partial charge in [0.2, 0.25) is 0 Å². The lowest BCUT2D eigenvalue weighted by Crippen LogP contribution is -2.32. The van der Waals surface area contributed by atoms with Crippen molar-refractivity contribution in [1.29, 1.82) is 0 Å². The second kappa shape index (κ2) is 10.4. The van der Waals surface area contributed by atoms with Crippen LogP contribution >= 0.6 is 0 Å². The van der Waals surface area contributed by atoms with Gasteiger partial charge in [-0.3, -0.25) is 0 Å². The average Bonchev–Trinajstić information content (AvgIpc) is 2.70. The molecule has 3 N–H and O–H groups in total. The molecular formula is C24H30F3NO5. The molecule has 0 aliphatic carbocycles. The maximum Gasteiger partial charge on any atom is 0.407 e. The molecule has 1 atom stereocenters. The second-order valence-corrected chi connectivity index (χ2v) is 8.70. The predicted molar refractivity (Wildman–Crippen MR) is 118 cm³/mol. The van der Waals surface area contributed by atoms with Crippen LogP contribution in [0.1, 0.15) is 49.1 Å². The molecule has 9 heteroatoms. The molecule has 0 saturated heterocycles. The first-order valence-corrected chi connectivity index (χ1v) is 10.4. The number of carbonyl (C=O) groups excluding carboxylic acids is 1. The summed E-state index contributed by atoms with van der Waals surface area (Å²) < 4.78 is 48.8. The third-order valence-corrected chi connectivity index (χ3v) is 4.86. The molecule has 182 valence electrons. The maximum absolute atomic E-state index is 12.7. The zero-order chi connectivity index (χ0) is 25.0. The van der Waals surface area contributed by atoms with E-state index < -0.39 is 37.0 Å².